The van der Waals surface area contributed by atoms with Gasteiger partial charge in [0.2, 0.25) is 0 Å². The quantitative estimate of drug-likeness (QED) is 0.425. The molecule has 0 N–H and O–H groups in total. The minimum Gasteiger partial charge on any atom is -0.419 e. The average molecular weight is 396 g/mol. The number of thiophene rings is 2. The third kappa shape index (κ3) is 2.99. The zero-order valence-corrected chi connectivity index (χ0v) is 16.0. The van der Waals surface area contributed by atoms with Gasteiger partial charge in [0.15, 0.2) is 11.5 Å². The molecule has 0 aliphatic heterocycles. The smallest absolute Gasteiger partial charge is 0.344 e. The molecule has 1 aromatic carbocycles. The minimum absolute atomic E-state index is 0.320. The number of hydrogen-bond acceptors (Lipinski definition) is 6. The molecular weight excluding hydrogens is 380 g/mol. The van der Waals surface area contributed by atoms with Crippen LogP contribution in [0.4, 0.5) is 0 Å². The van der Waals surface area contributed by atoms with Crippen molar-refractivity contribution in [3.63, 3.8) is 0 Å². The molecule has 0 saturated heterocycles. The van der Waals surface area contributed by atoms with Crippen LogP contribution in [0.25, 0.3) is 0 Å². The van der Waals surface area contributed by atoms with Crippen LogP contribution in [-0.2, 0) is 0 Å². The molecule has 5 rings (SSSR count). The van der Waals surface area contributed by atoms with Crippen molar-refractivity contribution in [1.29, 1.82) is 0 Å². The molecule has 1 fully saturated rings. The van der Waals surface area contributed by atoms with Crippen molar-refractivity contribution in [2.45, 2.75) is 31.1 Å². The normalized spacial score (nSPS) is 19.7. The molecule has 2 aliphatic carbocycles. The van der Waals surface area contributed by atoms with Crippen molar-refractivity contribution in [3.8, 4) is 11.5 Å². The van der Waals surface area contributed by atoms with E-state index in [1.165, 1.54) is 46.6 Å². The third-order valence-electron chi connectivity index (χ3n) is 5.38. The fourth-order valence-electron chi connectivity index (χ4n) is 4.08. The van der Waals surface area contributed by atoms with Crippen molar-refractivity contribution in [3.05, 3.63) is 68.0 Å². The van der Waals surface area contributed by atoms with Gasteiger partial charge in [0.25, 0.3) is 0 Å². The Hall–Kier alpha value is -2.44. The van der Waals surface area contributed by atoms with Crippen LogP contribution < -0.4 is 9.47 Å². The van der Waals surface area contributed by atoms with Gasteiger partial charge in [-0.3, -0.25) is 0 Å². The van der Waals surface area contributed by atoms with Gasteiger partial charge < -0.3 is 9.47 Å². The lowest BCUT2D eigenvalue weighted by Gasteiger charge is -2.18. The molecule has 2 atom stereocenters. The van der Waals surface area contributed by atoms with Crippen molar-refractivity contribution < 1.29 is 19.1 Å². The molecule has 0 spiro atoms. The van der Waals surface area contributed by atoms with E-state index in [2.05, 4.69) is 0 Å². The summed E-state index contributed by atoms with van der Waals surface area (Å²) in [6, 6.07) is 7.25. The molecule has 2 unspecified atom stereocenters. The highest BCUT2D eigenvalue weighted by Gasteiger charge is 2.38. The first-order valence-electron chi connectivity index (χ1n) is 8.85. The van der Waals surface area contributed by atoms with E-state index in [-0.39, 0.29) is 0 Å². The monoisotopic (exact) mass is 396 g/mol. The van der Waals surface area contributed by atoms with Gasteiger partial charge in [0, 0.05) is 10.8 Å². The molecule has 136 valence electrons. The standard InChI is InChI=1S/C21H16O4S2/c22-20(14-3-5-26-10-14)24-18-8-16-12-1-2-13(7-12)17(16)9-19(18)25-21(23)15-4-6-27-11-15/h3-6,8-13H,1-2,7H2. The van der Waals surface area contributed by atoms with E-state index in [4.69, 9.17) is 9.47 Å². The second-order valence-electron chi connectivity index (χ2n) is 6.94. The summed E-state index contributed by atoms with van der Waals surface area (Å²) in [5.74, 6) is 0.803. The molecule has 6 heteroatoms. The SMILES string of the molecule is O=C(Oc1cc2c(cc1OC(=O)c1ccsc1)C1CCC2C1)c1ccsc1. The molecule has 2 bridgehead atoms. The molecule has 2 heterocycles. The second kappa shape index (κ2) is 6.62. The highest BCUT2D eigenvalue weighted by Crippen LogP contribution is 2.55. The predicted molar refractivity (Wildman–Crippen MR) is 104 cm³/mol. The molecule has 4 nitrogen and oxygen atoms in total. The van der Waals surface area contributed by atoms with E-state index in [0.717, 1.165) is 6.42 Å². The predicted octanol–water partition coefficient (Wildman–Crippen LogP) is 5.61. The zero-order chi connectivity index (χ0) is 18.4. The van der Waals surface area contributed by atoms with Gasteiger partial charge >= 0.3 is 11.9 Å². The summed E-state index contributed by atoms with van der Waals surface area (Å²) >= 11 is 2.87. The number of carbonyl (C=O) groups is 2. The largest absolute Gasteiger partial charge is 0.419 e. The maximum Gasteiger partial charge on any atom is 0.344 e. The van der Waals surface area contributed by atoms with Gasteiger partial charge in [-0.25, -0.2) is 9.59 Å². The first-order chi connectivity index (χ1) is 13.2. The summed E-state index contributed by atoms with van der Waals surface area (Å²) in [7, 11) is 0. The average Bonchev–Trinajstić information content (AvgIpc) is 3.47. The Balaban J connectivity index is 1.50. The van der Waals surface area contributed by atoms with Crippen LogP contribution in [0.3, 0.4) is 0 Å². The number of hydrogen-bond donors (Lipinski definition) is 0. The summed E-state index contributed by atoms with van der Waals surface area (Å²) in [5, 5.41) is 7.15. The molecule has 0 amide bonds. The van der Waals surface area contributed by atoms with E-state index in [1.807, 2.05) is 22.9 Å². The lowest BCUT2D eigenvalue weighted by atomic mass is 9.91. The maximum absolute atomic E-state index is 12.4. The lowest BCUT2D eigenvalue weighted by molar-refractivity contribution is 0.0682. The van der Waals surface area contributed by atoms with E-state index in [0.29, 0.717) is 34.5 Å². The van der Waals surface area contributed by atoms with Crippen LogP contribution in [0.2, 0.25) is 0 Å². The number of benzene rings is 1. The Morgan fingerprint density at radius 1 is 0.815 bits per heavy atom. The van der Waals surface area contributed by atoms with Crippen molar-refractivity contribution in [2.24, 2.45) is 0 Å². The third-order valence-corrected chi connectivity index (χ3v) is 6.75. The first kappa shape index (κ1) is 16.7. The van der Waals surface area contributed by atoms with E-state index in [9.17, 15) is 9.59 Å². The Bertz CT molecular complexity index is 924. The number of rotatable bonds is 4. The van der Waals surface area contributed by atoms with Crippen LogP contribution in [-0.4, -0.2) is 11.9 Å². The van der Waals surface area contributed by atoms with Gasteiger partial charge in [0.1, 0.15) is 0 Å². The van der Waals surface area contributed by atoms with Gasteiger partial charge in [-0.15, -0.1) is 0 Å². The highest BCUT2D eigenvalue weighted by atomic mass is 32.1. The fraction of sp³-hybridized carbons (Fsp3) is 0.238. The molecule has 27 heavy (non-hydrogen) atoms. The van der Waals surface area contributed by atoms with Crippen LogP contribution in [0.15, 0.2) is 45.8 Å². The van der Waals surface area contributed by atoms with E-state index < -0.39 is 11.9 Å². The van der Waals surface area contributed by atoms with Gasteiger partial charge in [-0.2, -0.15) is 22.7 Å². The van der Waals surface area contributed by atoms with E-state index >= 15 is 0 Å². The number of ether oxygens (including phenoxy) is 2. The summed E-state index contributed by atoms with van der Waals surface area (Å²) in [5.41, 5.74) is 3.46. The Labute approximate surface area is 164 Å². The van der Waals surface area contributed by atoms with Gasteiger partial charge in [-0.1, -0.05) is 0 Å². The maximum atomic E-state index is 12.4. The fourth-order valence-corrected chi connectivity index (χ4v) is 5.33. The first-order valence-corrected chi connectivity index (χ1v) is 10.7. The summed E-state index contributed by atoms with van der Waals surface area (Å²) in [4.78, 5) is 24.9. The van der Waals surface area contributed by atoms with Crippen LogP contribution >= 0.6 is 22.7 Å². The van der Waals surface area contributed by atoms with E-state index in [1.54, 1.807) is 22.9 Å². The summed E-state index contributed by atoms with van der Waals surface area (Å²) in [6.45, 7) is 0. The Morgan fingerprint density at radius 2 is 1.30 bits per heavy atom. The zero-order valence-electron chi connectivity index (χ0n) is 14.3. The Kier molecular flexibility index (Phi) is 4.10. The van der Waals surface area contributed by atoms with Crippen LogP contribution in [0.5, 0.6) is 11.5 Å². The highest BCUT2D eigenvalue weighted by molar-refractivity contribution is 7.08. The summed E-state index contributed by atoms with van der Waals surface area (Å²) < 4.78 is 11.3. The summed E-state index contributed by atoms with van der Waals surface area (Å²) in [6.07, 6.45) is 3.47. The second-order valence-corrected chi connectivity index (χ2v) is 8.50. The molecule has 2 aromatic heterocycles. The number of fused-ring (bicyclic) bond motifs is 5. The lowest BCUT2D eigenvalue weighted by Crippen LogP contribution is -2.13. The van der Waals surface area contributed by atoms with Crippen molar-refractivity contribution in [1.82, 2.24) is 0 Å². The Morgan fingerprint density at radius 3 is 1.70 bits per heavy atom. The topological polar surface area (TPSA) is 52.6 Å². The molecule has 1 saturated carbocycles. The molecule has 0 radical (unpaired) electrons. The van der Waals surface area contributed by atoms with Crippen molar-refractivity contribution in [2.75, 3.05) is 0 Å². The van der Waals surface area contributed by atoms with Gasteiger partial charge in [0.05, 0.1) is 11.1 Å². The van der Waals surface area contributed by atoms with Crippen molar-refractivity contribution >= 4 is 34.6 Å². The number of esters is 2. The molecule has 3 aromatic rings. The minimum atomic E-state index is -0.438. The molecule has 2 aliphatic rings. The number of carbonyl (C=O) groups excluding carboxylic acids is 2. The molecular formula is C21H16O4S2. The van der Waals surface area contributed by atoms with Crippen LogP contribution in [0.1, 0.15) is 62.9 Å². The van der Waals surface area contributed by atoms with Gasteiger partial charge in [-0.05, 0) is 77.3 Å². The van der Waals surface area contributed by atoms with Crippen LogP contribution in [0, 0.1) is 0 Å².